The number of benzene rings is 1. The molecule has 8 heteroatoms. The van der Waals surface area contributed by atoms with E-state index in [-0.39, 0.29) is 15.6 Å². The fourth-order valence-corrected chi connectivity index (χ4v) is 2.71. The minimum Gasteiger partial charge on any atom is -0.274 e. The van der Waals surface area contributed by atoms with E-state index in [1.54, 1.807) is 0 Å². The van der Waals surface area contributed by atoms with E-state index >= 15 is 0 Å². The summed E-state index contributed by atoms with van der Waals surface area (Å²) in [5.74, 6) is -1.24. The number of hydrogen-bond donors (Lipinski definition) is 0. The summed E-state index contributed by atoms with van der Waals surface area (Å²) >= 11 is 5.68. The largest absolute Gasteiger partial charge is 0.274 e. The summed E-state index contributed by atoms with van der Waals surface area (Å²) in [6.45, 7) is 2.28. The van der Waals surface area contributed by atoms with Crippen LogP contribution in [-0.4, -0.2) is 20.2 Å². The molecule has 0 bridgehead atoms. The third kappa shape index (κ3) is 3.22. The smallest absolute Gasteiger partial charge is 0.263 e. The maximum absolute atomic E-state index is 11.4. The van der Waals surface area contributed by atoms with Gasteiger partial charge in [0.2, 0.25) is 11.8 Å². The Hall–Kier alpha value is -1.11. The molecule has 1 aromatic rings. The zero-order chi connectivity index (χ0) is 14.1. The average Bonchev–Trinajstić information content (AvgIpc) is 2.17. The Kier molecular flexibility index (Phi) is 4.37. The van der Waals surface area contributed by atoms with E-state index in [0.29, 0.717) is 4.90 Å². The van der Waals surface area contributed by atoms with Crippen LogP contribution in [0.3, 0.4) is 0 Å². The summed E-state index contributed by atoms with van der Waals surface area (Å²) in [6, 6.07) is 3.69. The van der Waals surface area contributed by atoms with Gasteiger partial charge >= 0.3 is 0 Å². The lowest BCUT2D eigenvalue weighted by Crippen LogP contribution is -2.34. The first-order valence-corrected chi connectivity index (χ1v) is 7.39. The number of imide groups is 1. The lowest BCUT2D eigenvalue weighted by molar-refractivity contribution is -0.124. The molecule has 0 aliphatic rings. The maximum atomic E-state index is 11.4. The number of hydrogen-bond acceptors (Lipinski definition) is 4. The Morgan fingerprint density at radius 1 is 1.17 bits per heavy atom. The third-order valence-electron chi connectivity index (χ3n) is 2.06. The molecule has 0 spiro atoms. The van der Waals surface area contributed by atoms with Crippen molar-refractivity contribution in [1.29, 1.82) is 0 Å². The highest BCUT2D eigenvalue weighted by Crippen LogP contribution is 2.31. The Balaban J connectivity index is 3.59. The van der Waals surface area contributed by atoms with Gasteiger partial charge in [-0.1, -0.05) is 11.6 Å². The molecule has 0 aliphatic heterocycles. The second kappa shape index (κ2) is 5.26. The summed E-state index contributed by atoms with van der Waals surface area (Å²) < 4.78 is 22.8. The SMILES string of the molecule is CC(=O)N(C(C)=O)c1ccc(Cl)cc1S(=O)(=O)Cl. The Labute approximate surface area is 114 Å². The highest BCUT2D eigenvalue weighted by molar-refractivity contribution is 8.13. The number of amides is 2. The molecule has 0 unspecified atom stereocenters. The monoisotopic (exact) mass is 309 g/mol. The van der Waals surface area contributed by atoms with Gasteiger partial charge < -0.3 is 0 Å². The number of nitrogens with zero attached hydrogens (tertiary/aromatic N) is 1. The van der Waals surface area contributed by atoms with Crippen molar-refractivity contribution in [2.45, 2.75) is 18.7 Å². The molecule has 0 saturated heterocycles. The first kappa shape index (κ1) is 14.9. The highest BCUT2D eigenvalue weighted by Gasteiger charge is 2.25. The van der Waals surface area contributed by atoms with Gasteiger partial charge in [-0.3, -0.25) is 9.59 Å². The predicted octanol–water partition coefficient (Wildman–Crippen LogP) is 2.17. The van der Waals surface area contributed by atoms with E-state index in [0.717, 1.165) is 19.9 Å². The molecule has 5 nitrogen and oxygen atoms in total. The fourth-order valence-electron chi connectivity index (χ4n) is 1.43. The minimum absolute atomic E-state index is 0.116. The summed E-state index contributed by atoms with van der Waals surface area (Å²) in [5.41, 5.74) is -0.116. The Morgan fingerprint density at radius 3 is 2.06 bits per heavy atom. The van der Waals surface area contributed by atoms with Crippen molar-refractivity contribution >= 4 is 48.8 Å². The Bertz CT molecular complexity index is 598. The van der Waals surface area contributed by atoms with Gasteiger partial charge in [0.15, 0.2) is 0 Å². The average molecular weight is 310 g/mol. The van der Waals surface area contributed by atoms with E-state index in [9.17, 15) is 18.0 Å². The van der Waals surface area contributed by atoms with Crippen molar-refractivity contribution in [2.75, 3.05) is 4.90 Å². The van der Waals surface area contributed by atoms with Gasteiger partial charge in [0.1, 0.15) is 4.90 Å². The van der Waals surface area contributed by atoms with E-state index < -0.39 is 20.9 Å². The van der Waals surface area contributed by atoms with Gasteiger partial charge in [-0.15, -0.1) is 0 Å². The van der Waals surface area contributed by atoms with Crippen LogP contribution >= 0.6 is 22.3 Å². The molecule has 98 valence electrons. The van der Waals surface area contributed by atoms with Gasteiger partial charge in [0, 0.05) is 29.6 Å². The summed E-state index contributed by atoms with van der Waals surface area (Å²) in [7, 11) is 1.13. The van der Waals surface area contributed by atoms with Gasteiger partial charge in [0.25, 0.3) is 9.05 Å². The minimum atomic E-state index is -4.13. The quantitative estimate of drug-likeness (QED) is 0.785. The van der Waals surface area contributed by atoms with E-state index in [2.05, 4.69) is 0 Å². The number of rotatable bonds is 2. The zero-order valence-corrected chi connectivity index (χ0v) is 11.8. The van der Waals surface area contributed by atoms with E-state index in [1.165, 1.54) is 12.1 Å². The van der Waals surface area contributed by atoms with Crippen LogP contribution in [-0.2, 0) is 18.6 Å². The molecule has 0 atom stereocenters. The molecule has 0 aromatic heterocycles. The van der Waals surface area contributed by atoms with Crippen LogP contribution in [0, 0.1) is 0 Å². The van der Waals surface area contributed by atoms with E-state index in [1.807, 2.05) is 0 Å². The molecule has 0 saturated carbocycles. The van der Waals surface area contributed by atoms with Crippen molar-refractivity contribution in [3.63, 3.8) is 0 Å². The maximum Gasteiger partial charge on any atom is 0.263 e. The molecule has 0 fully saturated rings. The lowest BCUT2D eigenvalue weighted by Gasteiger charge is -2.19. The van der Waals surface area contributed by atoms with Crippen molar-refractivity contribution < 1.29 is 18.0 Å². The van der Waals surface area contributed by atoms with Gasteiger partial charge in [-0.2, -0.15) is 0 Å². The topological polar surface area (TPSA) is 71.5 Å². The first-order chi connectivity index (χ1) is 8.14. The highest BCUT2D eigenvalue weighted by atomic mass is 35.7. The van der Waals surface area contributed by atoms with Crippen LogP contribution in [0.4, 0.5) is 5.69 Å². The second-order valence-corrected chi connectivity index (χ2v) is 6.39. The number of halogens is 2. The molecular weight excluding hydrogens is 301 g/mol. The molecule has 0 aliphatic carbocycles. The number of carbonyl (C=O) groups excluding carboxylic acids is 2. The van der Waals surface area contributed by atoms with Crippen molar-refractivity contribution in [3.05, 3.63) is 23.2 Å². The van der Waals surface area contributed by atoms with Crippen LogP contribution in [0.5, 0.6) is 0 Å². The van der Waals surface area contributed by atoms with Crippen molar-refractivity contribution in [3.8, 4) is 0 Å². The van der Waals surface area contributed by atoms with Gasteiger partial charge in [-0.05, 0) is 18.2 Å². The van der Waals surface area contributed by atoms with E-state index in [4.69, 9.17) is 22.3 Å². The fraction of sp³-hybridized carbons (Fsp3) is 0.200. The zero-order valence-electron chi connectivity index (χ0n) is 9.48. The molecule has 0 N–H and O–H groups in total. The van der Waals surface area contributed by atoms with Crippen molar-refractivity contribution in [1.82, 2.24) is 0 Å². The van der Waals surface area contributed by atoms with Crippen LogP contribution in [0.2, 0.25) is 5.02 Å². The molecule has 18 heavy (non-hydrogen) atoms. The molecule has 0 heterocycles. The standard InChI is InChI=1S/C10H9Cl2NO4S/c1-6(14)13(7(2)15)9-4-3-8(11)5-10(9)18(12,16)17/h3-5H,1-2H3. The summed E-state index contributed by atoms with van der Waals surface area (Å²) in [5, 5.41) is 0.130. The molecule has 1 rings (SSSR count). The van der Waals surface area contributed by atoms with Crippen LogP contribution in [0.25, 0.3) is 0 Å². The van der Waals surface area contributed by atoms with Crippen LogP contribution < -0.4 is 4.90 Å². The molecule has 1 aromatic carbocycles. The lowest BCUT2D eigenvalue weighted by atomic mass is 10.2. The van der Waals surface area contributed by atoms with Crippen LogP contribution in [0.1, 0.15) is 13.8 Å². The summed E-state index contributed by atoms with van der Waals surface area (Å²) in [6.07, 6.45) is 0. The third-order valence-corrected chi connectivity index (χ3v) is 3.64. The number of carbonyl (C=O) groups is 2. The van der Waals surface area contributed by atoms with Gasteiger partial charge in [0.05, 0.1) is 5.69 Å². The second-order valence-electron chi connectivity index (χ2n) is 3.42. The van der Waals surface area contributed by atoms with Crippen molar-refractivity contribution in [2.24, 2.45) is 0 Å². The normalized spacial score (nSPS) is 11.1. The molecule has 2 amide bonds. The summed E-state index contributed by atoms with van der Waals surface area (Å²) in [4.78, 5) is 23.1. The number of anilines is 1. The molecule has 0 radical (unpaired) electrons. The Morgan fingerprint density at radius 2 is 1.67 bits per heavy atom. The van der Waals surface area contributed by atoms with Gasteiger partial charge in [-0.25, -0.2) is 13.3 Å². The van der Waals surface area contributed by atoms with Crippen LogP contribution in [0.15, 0.2) is 23.1 Å². The predicted molar refractivity (Wildman–Crippen MR) is 68.3 cm³/mol. The molecular formula is C10H9Cl2NO4S. The first-order valence-electron chi connectivity index (χ1n) is 4.70.